The number of rotatable bonds is 5. The Morgan fingerprint density at radius 1 is 1.08 bits per heavy atom. The quantitative estimate of drug-likeness (QED) is 0.910. The van der Waals surface area contributed by atoms with E-state index in [0.29, 0.717) is 5.92 Å². The molecule has 2 aromatic rings. The van der Waals surface area contributed by atoms with Gasteiger partial charge in [-0.15, -0.1) is 10.2 Å². The molecule has 2 aliphatic rings. The van der Waals surface area contributed by atoms with Crippen molar-refractivity contribution in [2.24, 2.45) is 5.92 Å². The monoisotopic (exact) mass is 339 g/mol. The number of aryl methyl sites for hydroxylation is 2. The van der Waals surface area contributed by atoms with Crippen molar-refractivity contribution in [1.29, 1.82) is 0 Å². The highest BCUT2D eigenvalue weighted by atomic mass is 15.3. The predicted octanol–water partition coefficient (Wildman–Crippen LogP) is 2.93. The van der Waals surface area contributed by atoms with Crippen molar-refractivity contribution < 1.29 is 0 Å². The van der Waals surface area contributed by atoms with Gasteiger partial charge in [0, 0.05) is 38.3 Å². The molecule has 2 aliphatic heterocycles. The Hall–Kier alpha value is -1.88. The summed E-state index contributed by atoms with van der Waals surface area (Å²) in [5, 5.41) is 12.1. The van der Waals surface area contributed by atoms with Crippen LogP contribution in [0.25, 0.3) is 0 Å². The summed E-state index contributed by atoms with van der Waals surface area (Å²) < 4.78 is 2.28. The number of nitrogens with zero attached hydrogens (tertiary/aromatic N) is 4. The van der Waals surface area contributed by atoms with Crippen molar-refractivity contribution >= 4 is 5.69 Å². The van der Waals surface area contributed by atoms with Gasteiger partial charge in [0.1, 0.15) is 11.6 Å². The topological polar surface area (TPSA) is 46.0 Å². The molecule has 0 bridgehead atoms. The number of hydrogen-bond acceptors (Lipinski definition) is 4. The van der Waals surface area contributed by atoms with Crippen molar-refractivity contribution in [2.45, 2.75) is 52.1 Å². The fourth-order valence-electron chi connectivity index (χ4n) is 4.09. The largest absolute Gasteiger partial charge is 0.372 e. The second kappa shape index (κ2) is 7.56. The van der Waals surface area contributed by atoms with E-state index in [-0.39, 0.29) is 0 Å². The summed E-state index contributed by atoms with van der Waals surface area (Å²) in [6, 6.07) is 9.13. The first-order valence-corrected chi connectivity index (χ1v) is 9.73. The predicted molar refractivity (Wildman–Crippen MR) is 101 cm³/mol. The Labute approximate surface area is 150 Å². The smallest absolute Gasteiger partial charge is 0.133 e. The standard InChI is InChI=1S/C20H29N5/c1-16-22-23-20-10-7-18(15-25(16)20)14-21-13-17-5-8-19(9-6-17)24-11-3-2-4-12-24/h5-6,8-9,18,21H,2-4,7,10-15H2,1H3. The number of piperidine rings is 1. The summed E-state index contributed by atoms with van der Waals surface area (Å²) in [5.74, 6) is 2.88. The Balaban J connectivity index is 1.25. The third-order valence-corrected chi connectivity index (χ3v) is 5.65. The van der Waals surface area contributed by atoms with Gasteiger partial charge in [0.25, 0.3) is 0 Å². The van der Waals surface area contributed by atoms with E-state index in [1.807, 2.05) is 0 Å². The van der Waals surface area contributed by atoms with Gasteiger partial charge in [-0.1, -0.05) is 12.1 Å². The molecule has 0 radical (unpaired) electrons. The zero-order valence-electron chi connectivity index (χ0n) is 15.2. The molecule has 1 aromatic carbocycles. The van der Waals surface area contributed by atoms with Crippen LogP contribution in [0.5, 0.6) is 0 Å². The molecule has 1 aromatic heterocycles. The molecule has 0 aliphatic carbocycles. The maximum atomic E-state index is 4.25. The van der Waals surface area contributed by atoms with E-state index < -0.39 is 0 Å². The minimum absolute atomic E-state index is 0.676. The van der Waals surface area contributed by atoms with Crippen molar-refractivity contribution in [3.05, 3.63) is 41.5 Å². The van der Waals surface area contributed by atoms with E-state index in [2.05, 4.69) is 56.2 Å². The lowest BCUT2D eigenvalue weighted by molar-refractivity contribution is 0.344. The summed E-state index contributed by atoms with van der Waals surface area (Å²) in [4.78, 5) is 2.52. The second-order valence-electron chi connectivity index (χ2n) is 7.52. The van der Waals surface area contributed by atoms with Gasteiger partial charge in [0.15, 0.2) is 0 Å². The third-order valence-electron chi connectivity index (χ3n) is 5.65. The van der Waals surface area contributed by atoms with Gasteiger partial charge < -0.3 is 14.8 Å². The number of fused-ring (bicyclic) bond motifs is 1. The highest BCUT2D eigenvalue weighted by molar-refractivity contribution is 5.47. The Bertz CT molecular complexity index is 685. The van der Waals surface area contributed by atoms with Crippen LogP contribution in [0.1, 0.15) is 42.9 Å². The molecule has 5 nitrogen and oxygen atoms in total. The molecule has 0 saturated carbocycles. The fraction of sp³-hybridized carbons (Fsp3) is 0.600. The Morgan fingerprint density at radius 2 is 1.88 bits per heavy atom. The molecule has 3 heterocycles. The average Bonchev–Trinajstić information content (AvgIpc) is 3.04. The van der Waals surface area contributed by atoms with E-state index in [4.69, 9.17) is 0 Å². The summed E-state index contributed by atoms with van der Waals surface area (Å²) >= 11 is 0. The molecule has 1 saturated heterocycles. The molecule has 134 valence electrons. The van der Waals surface area contributed by atoms with Crippen LogP contribution in [-0.2, 0) is 19.5 Å². The molecule has 4 rings (SSSR count). The first kappa shape index (κ1) is 16.6. The molecule has 1 unspecified atom stereocenters. The zero-order chi connectivity index (χ0) is 17.1. The van der Waals surface area contributed by atoms with Crippen LogP contribution in [-0.4, -0.2) is 34.4 Å². The minimum Gasteiger partial charge on any atom is -0.372 e. The highest BCUT2D eigenvalue weighted by Gasteiger charge is 2.21. The van der Waals surface area contributed by atoms with Gasteiger partial charge in [-0.25, -0.2) is 0 Å². The van der Waals surface area contributed by atoms with Crippen LogP contribution >= 0.6 is 0 Å². The number of benzene rings is 1. The SMILES string of the molecule is Cc1nnc2n1CC(CNCc1ccc(N3CCCCC3)cc1)CC2. The normalized spacial score (nSPS) is 20.5. The van der Waals surface area contributed by atoms with Gasteiger partial charge in [0.2, 0.25) is 0 Å². The van der Waals surface area contributed by atoms with Crippen LogP contribution in [0.15, 0.2) is 24.3 Å². The molecule has 0 spiro atoms. The highest BCUT2D eigenvalue weighted by Crippen LogP contribution is 2.21. The third kappa shape index (κ3) is 3.87. The molecule has 1 N–H and O–H groups in total. The van der Waals surface area contributed by atoms with Crippen LogP contribution in [0, 0.1) is 12.8 Å². The summed E-state index contributed by atoms with van der Waals surface area (Å²) in [5.41, 5.74) is 2.75. The number of anilines is 1. The molecule has 5 heteroatoms. The van der Waals surface area contributed by atoms with Gasteiger partial charge in [-0.3, -0.25) is 0 Å². The Kier molecular flexibility index (Phi) is 5.02. The lowest BCUT2D eigenvalue weighted by Crippen LogP contribution is -2.30. The number of hydrogen-bond donors (Lipinski definition) is 1. The number of nitrogens with one attached hydrogen (secondary N) is 1. The molecule has 25 heavy (non-hydrogen) atoms. The molecule has 0 amide bonds. The molecule has 1 atom stereocenters. The fourth-order valence-corrected chi connectivity index (χ4v) is 4.09. The van der Waals surface area contributed by atoms with Crippen LogP contribution in [0.4, 0.5) is 5.69 Å². The van der Waals surface area contributed by atoms with Gasteiger partial charge in [0.05, 0.1) is 0 Å². The summed E-state index contributed by atoms with van der Waals surface area (Å²) in [6.07, 6.45) is 6.31. The van der Waals surface area contributed by atoms with E-state index >= 15 is 0 Å². The van der Waals surface area contributed by atoms with Crippen LogP contribution in [0.2, 0.25) is 0 Å². The van der Waals surface area contributed by atoms with E-state index in [1.165, 1.54) is 50.0 Å². The van der Waals surface area contributed by atoms with Crippen molar-refractivity contribution in [3.63, 3.8) is 0 Å². The average molecular weight is 339 g/mol. The van der Waals surface area contributed by atoms with Gasteiger partial charge in [-0.05, 0) is 62.8 Å². The summed E-state index contributed by atoms with van der Waals surface area (Å²) in [7, 11) is 0. The van der Waals surface area contributed by atoms with Crippen molar-refractivity contribution in [2.75, 3.05) is 24.5 Å². The van der Waals surface area contributed by atoms with Crippen LogP contribution < -0.4 is 10.2 Å². The zero-order valence-corrected chi connectivity index (χ0v) is 15.2. The van der Waals surface area contributed by atoms with Gasteiger partial charge in [-0.2, -0.15) is 0 Å². The first-order valence-electron chi connectivity index (χ1n) is 9.73. The van der Waals surface area contributed by atoms with E-state index in [0.717, 1.165) is 37.7 Å². The first-order chi connectivity index (χ1) is 12.3. The molecule has 1 fully saturated rings. The lowest BCUT2D eigenvalue weighted by atomic mass is 9.99. The maximum Gasteiger partial charge on any atom is 0.133 e. The van der Waals surface area contributed by atoms with Gasteiger partial charge >= 0.3 is 0 Å². The van der Waals surface area contributed by atoms with E-state index in [1.54, 1.807) is 0 Å². The molecular formula is C20H29N5. The molecular weight excluding hydrogens is 310 g/mol. The Morgan fingerprint density at radius 3 is 2.68 bits per heavy atom. The van der Waals surface area contributed by atoms with Crippen molar-refractivity contribution in [3.8, 4) is 0 Å². The van der Waals surface area contributed by atoms with Crippen LogP contribution in [0.3, 0.4) is 0 Å². The maximum absolute atomic E-state index is 4.25. The number of aromatic nitrogens is 3. The minimum atomic E-state index is 0.676. The lowest BCUT2D eigenvalue weighted by Gasteiger charge is -2.29. The van der Waals surface area contributed by atoms with Crippen molar-refractivity contribution in [1.82, 2.24) is 20.1 Å². The summed E-state index contributed by atoms with van der Waals surface area (Å²) in [6.45, 7) is 7.54. The van der Waals surface area contributed by atoms with E-state index in [9.17, 15) is 0 Å². The second-order valence-corrected chi connectivity index (χ2v) is 7.52.